The molecular weight excluding hydrogens is 642 g/mol. The molecule has 4 aromatic rings. The molecule has 0 radical (unpaired) electrons. The minimum atomic E-state index is -1.65. The fourth-order valence-electron chi connectivity index (χ4n) is 6.49. The van der Waals surface area contributed by atoms with Crippen LogP contribution in [0.2, 0.25) is 5.02 Å². The fraction of sp³-hybridized carbons (Fsp3) is 0.342. The van der Waals surface area contributed by atoms with Crippen molar-refractivity contribution in [2.24, 2.45) is 5.92 Å². The maximum Gasteiger partial charge on any atom is 0.341 e. The van der Waals surface area contributed by atoms with E-state index in [1.807, 2.05) is 67.6 Å². The standard InChI is InChI=1S/C38H37ClF2O7/c1-4-44-31-18-15-27(32(40)33(31)41)19-28-20-29(16-17-30(28)39)38-35(46-22-26-13-9-6-10-14-26)34(45-21-25-11-7-5-8-12-25)24(2)37(48-38,23-47-38)36(42)43-3/h5-18,20,24,34-35H,4,19,21-23H2,1-3H3/t24-,34-,35+,37-,38-/m0/s1. The molecule has 0 N–H and O–H groups in total. The first-order chi connectivity index (χ1) is 23.2. The molecule has 2 heterocycles. The normalized spacial score (nSPS) is 24.8. The van der Waals surface area contributed by atoms with Crippen LogP contribution in [0.1, 0.15) is 41.7 Å². The van der Waals surface area contributed by atoms with Gasteiger partial charge in [-0.05, 0) is 47.4 Å². The largest absolute Gasteiger partial charge is 0.491 e. The lowest BCUT2D eigenvalue weighted by Gasteiger charge is -2.49. The molecule has 252 valence electrons. The molecule has 4 aromatic carbocycles. The summed E-state index contributed by atoms with van der Waals surface area (Å²) in [5, 5.41) is 0.323. The van der Waals surface area contributed by atoms with E-state index in [1.165, 1.54) is 19.2 Å². The number of carbonyl (C=O) groups is 1. The third kappa shape index (κ3) is 6.33. The lowest BCUT2D eigenvalue weighted by Crippen LogP contribution is -2.64. The van der Waals surface area contributed by atoms with Crippen molar-refractivity contribution < 1.29 is 42.0 Å². The molecule has 2 saturated heterocycles. The summed E-state index contributed by atoms with van der Waals surface area (Å²) in [7, 11) is 1.30. The molecule has 6 rings (SSSR count). The van der Waals surface area contributed by atoms with Crippen LogP contribution in [0.25, 0.3) is 0 Å². The van der Waals surface area contributed by atoms with Crippen LogP contribution in [-0.4, -0.2) is 44.1 Å². The van der Waals surface area contributed by atoms with Crippen LogP contribution in [0.15, 0.2) is 91.0 Å². The summed E-state index contributed by atoms with van der Waals surface area (Å²) in [5.41, 5.74) is 1.37. The number of carbonyl (C=O) groups excluding carboxylic acids is 1. The highest BCUT2D eigenvalue weighted by Crippen LogP contribution is 2.55. The van der Waals surface area contributed by atoms with Crippen LogP contribution in [0.4, 0.5) is 8.78 Å². The summed E-state index contributed by atoms with van der Waals surface area (Å²) < 4.78 is 67.0. The molecule has 2 aliphatic heterocycles. The highest BCUT2D eigenvalue weighted by Gasteiger charge is 2.71. The Kier molecular flexibility index (Phi) is 10.1. The minimum absolute atomic E-state index is 0.0417. The molecule has 10 heteroatoms. The zero-order valence-corrected chi connectivity index (χ0v) is 27.7. The Hall–Kier alpha value is -3.86. The number of hydrogen-bond acceptors (Lipinski definition) is 7. The summed E-state index contributed by atoms with van der Waals surface area (Å²) in [6, 6.07) is 27.3. The number of benzene rings is 4. The molecule has 0 amide bonds. The Morgan fingerprint density at radius 3 is 2.21 bits per heavy atom. The second-order valence-corrected chi connectivity index (χ2v) is 12.4. The van der Waals surface area contributed by atoms with Gasteiger partial charge in [0.1, 0.15) is 6.10 Å². The topological polar surface area (TPSA) is 72.5 Å². The van der Waals surface area contributed by atoms with Gasteiger partial charge in [0.05, 0.1) is 39.6 Å². The van der Waals surface area contributed by atoms with E-state index >= 15 is 4.39 Å². The molecule has 5 atom stereocenters. The molecule has 0 saturated carbocycles. The Morgan fingerprint density at radius 2 is 1.56 bits per heavy atom. The summed E-state index contributed by atoms with van der Waals surface area (Å²) in [6.07, 6.45) is -1.63. The lowest BCUT2D eigenvalue weighted by atomic mass is 9.77. The van der Waals surface area contributed by atoms with Gasteiger partial charge < -0.3 is 28.4 Å². The van der Waals surface area contributed by atoms with E-state index < -0.39 is 47.1 Å². The average Bonchev–Trinajstić information content (AvgIpc) is 3.49. The molecular formula is C38H37ClF2O7. The van der Waals surface area contributed by atoms with E-state index in [9.17, 15) is 9.18 Å². The molecule has 7 nitrogen and oxygen atoms in total. The van der Waals surface area contributed by atoms with Crippen molar-refractivity contribution in [1.29, 1.82) is 0 Å². The number of ether oxygens (including phenoxy) is 6. The molecule has 48 heavy (non-hydrogen) atoms. The van der Waals surface area contributed by atoms with E-state index in [4.69, 9.17) is 40.0 Å². The van der Waals surface area contributed by atoms with Crippen LogP contribution in [0.3, 0.4) is 0 Å². The SMILES string of the molecule is CCOc1ccc(Cc2cc([C@]34OC[C@](C(=O)OC)(O3)[C@@H](C)[C@H](OCc3ccccc3)[C@H]4OCc3ccccc3)ccc2Cl)c(F)c1F. The Bertz CT molecular complexity index is 1740. The molecule has 0 aromatic heterocycles. The number of hydrogen-bond donors (Lipinski definition) is 0. The molecule has 0 spiro atoms. The van der Waals surface area contributed by atoms with E-state index in [0.29, 0.717) is 16.1 Å². The van der Waals surface area contributed by atoms with Crippen molar-refractivity contribution in [3.8, 4) is 5.75 Å². The number of esters is 1. The van der Waals surface area contributed by atoms with Gasteiger partial charge in [-0.15, -0.1) is 0 Å². The molecule has 0 unspecified atom stereocenters. The zero-order valence-electron chi connectivity index (χ0n) is 26.9. The second kappa shape index (κ2) is 14.3. The fourth-order valence-corrected chi connectivity index (χ4v) is 6.67. The van der Waals surface area contributed by atoms with Gasteiger partial charge in [0.2, 0.25) is 11.6 Å². The van der Waals surface area contributed by atoms with E-state index in [1.54, 1.807) is 25.1 Å². The van der Waals surface area contributed by atoms with Gasteiger partial charge in [-0.3, -0.25) is 0 Å². The highest BCUT2D eigenvalue weighted by atomic mass is 35.5. The molecule has 2 fully saturated rings. The smallest absolute Gasteiger partial charge is 0.341 e. The van der Waals surface area contributed by atoms with Crippen molar-refractivity contribution in [2.75, 3.05) is 20.3 Å². The monoisotopic (exact) mass is 678 g/mol. The lowest BCUT2D eigenvalue weighted by molar-refractivity contribution is -0.330. The molecule has 2 bridgehead atoms. The molecule has 0 aliphatic carbocycles. The number of halogens is 3. The summed E-state index contributed by atoms with van der Waals surface area (Å²) in [4.78, 5) is 13.5. The van der Waals surface area contributed by atoms with Gasteiger partial charge >= 0.3 is 5.97 Å². The van der Waals surface area contributed by atoms with Crippen molar-refractivity contribution in [3.05, 3.63) is 135 Å². The Morgan fingerprint density at radius 1 is 0.896 bits per heavy atom. The quantitative estimate of drug-likeness (QED) is 0.143. The summed E-state index contributed by atoms with van der Waals surface area (Å²) in [6.45, 7) is 4.05. The average molecular weight is 679 g/mol. The first-order valence-corrected chi connectivity index (χ1v) is 16.2. The van der Waals surface area contributed by atoms with Crippen LogP contribution in [0.5, 0.6) is 5.75 Å². The van der Waals surface area contributed by atoms with Crippen LogP contribution >= 0.6 is 11.6 Å². The molecule has 2 aliphatic rings. The summed E-state index contributed by atoms with van der Waals surface area (Å²) in [5.74, 6) is -5.08. The number of methoxy groups -OCH3 is 1. The first kappa shape index (κ1) is 34.0. The van der Waals surface area contributed by atoms with Crippen molar-refractivity contribution in [1.82, 2.24) is 0 Å². The van der Waals surface area contributed by atoms with Crippen molar-refractivity contribution >= 4 is 17.6 Å². The maximum atomic E-state index is 15.2. The van der Waals surface area contributed by atoms with Gasteiger partial charge in [-0.2, -0.15) is 4.39 Å². The third-order valence-electron chi connectivity index (χ3n) is 9.08. The van der Waals surface area contributed by atoms with E-state index in [0.717, 1.165) is 11.1 Å². The third-order valence-corrected chi connectivity index (χ3v) is 9.45. The van der Waals surface area contributed by atoms with E-state index in [2.05, 4.69) is 0 Å². The zero-order chi connectivity index (χ0) is 33.9. The van der Waals surface area contributed by atoms with Crippen LogP contribution < -0.4 is 4.74 Å². The van der Waals surface area contributed by atoms with Crippen molar-refractivity contribution in [3.63, 3.8) is 0 Å². The Balaban J connectivity index is 1.42. The minimum Gasteiger partial charge on any atom is -0.491 e. The van der Waals surface area contributed by atoms with Crippen LogP contribution in [-0.2, 0) is 53.9 Å². The predicted octanol–water partition coefficient (Wildman–Crippen LogP) is 7.54. The number of fused-ring (bicyclic) bond motifs is 2. The highest BCUT2D eigenvalue weighted by molar-refractivity contribution is 6.31. The number of rotatable bonds is 12. The predicted molar refractivity (Wildman–Crippen MR) is 174 cm³/mol. The first-order valence-electron chi connectivity index (χ1n) is 15.8. The second-order valence-electron chi connectivity index (χ2n) is 12.0. The summed E-state index contributed by atoms with van der Waals surface area (Å²) >= 11 is 6.65. The van der Waals surface area contributed by atoms with Gasteiger partial charge in [-0.25, -0.2) is 9.18 Å². The van der Waals surface area contributed by atoms with Crippen molar-refractivity contribution in [2.45, 2.75) is 57.1 Å². The maximum absolute atomic E-state index is 15.2. The van der Waals surface area contributed by atoms with Crippen LogP contribution in [0, 0.1) is 17.6 Å². The van der Waals surface area contributed by atoms with Gasteiger partial charge in [0.25, 0.3) is 0 Å². The van der Waals surface area contributed by atoms with E-state index in [-0.39, 0.29) is 44.2 Å². The Labute approximate surface area is 283 Å². The van der Waals surface area contributed by atoms with Gasteiger partial charge in [0, 0.05) is 22.9 Å². The van der Waals surface area contributed by atoms with Gasteiger partial charge in [0.15, 0.2) is 17.2 Å². The van der Waals surface area contributed by atoms with Gasteiger partial charge in [-0.1, -0.05) is 91.3 Å².